The Balaban J connectivity index is 2.48. The van der Waals surface area contributed by atoms with Crippen molar-refractivity contribution in [3.8, 4) is 5.75 Å². The van der Waals surface area contributed by atoms with E-state index in [0.29, 0.717) is 22.3 Å². The number of rotatable bonds is 3. The molecule has 2 aromatic heterocycles. The first-order chi connectivity index (χ1) is 10.2. The Kier molecular flexibility index (Phi) is 3.31. The Hall–Kier alpha value is -2.47. The van der Waals surface area contributed by atoms with Gasteiger partial charge in [0, 0.05) is 13.1 Å². The van der Waals surface area contributed by atoms with Gasteiger partial charge in [-0.1, -0.05) is 11.6 Å². The molecule has 1 aromatic carbocycles. The van der Waals surface area contributed by atoms with E-state index in [4.69, 9.17) is 25.2 Å². The van der Waals surface area contributed by atoms with Crippen LogP contribution >= 0.6 is 11.6 Å². The lowest BCUT2D eigenvalue weighted by Gasteiger charge is -2.08. The Morgan fingerprint density at radius 2 is 2.24 bits per heavy atom. The first kappa shape index (κ1) is 13.5. The average Bonchev–Trinajstić information content (AvgIpc) is 2.92. The van der Waals surface area contributed by atoms with Crippen LogP contribution < -0.4 is 15.8 Å². The van der Waals surface area contributed by atoms with Crippen molar-refractivity contribution in [3.05, 3.63) is 39.4 Å². The molecule has 0 bridgehead atoms. The summed E-state index contributed by atoms with van der Waals surface area (Å²) in [4.78, 5) is 12.0. The molecule has 0 amide bonds. The van der Waals surface area contributed by atoms with E-state index in [1.165, 1.54) is 19.6 Å². The highest BCUT2D eigenvalue weighted by atomic mass is 35.5. The first-order valence-corrected chi connectivity index (χ1v) is 6.45. The highest BCUT2D eigenvalue weighted by Crippen LogP contribution is 2.39. The number of methoxy groups -OCH3 is 1. The summed E-state index contributed by atoms with van der Waals surface area (Å²) in [6, 6.07) is 3.37. The quantitative estimate of drug-likeness (QED) is 0.457. The SMILES string of the molecule is CN/N=C/c1c(Cl)c2c(OC)c3ccoc3cc2oc1=O. The molecule has 0 aliphatic heterocycles. The fraction of sp³-hybridized carbons (Fsp3) is 0.143. The third kappa shape index (κ3) is 2.04. The van der Waals surface area contributed by atoms with Gasteiger partial charge in [0.1, 0.15) is 16.9 Å². The molecule has 2 heterocycles. The molecule has 21 heavy (non-hydrogen) atoms. The van der Waals surface area contributed by atoms with Crippen LogP contribution in [0.25, 0.3) is 21.9 Å². The zero-order valence-electron chi connectivity index (χ0n) is 11.3. The normalized spacial score (nSPS) is 11.6. The standard InChI is InChI=1S/C14H11ClN2O4/c1-16-17-6-8-12(15)11-10(21-14(8)18)5-9-7(3-4-20-9)13(11)19-2/h3-6,16H,1-2H3/b17-6+. The summed E-state index contributed by atoms with van der Waals surface area (Å²) < 4.78 is 16.0. The lowest BCUT2D eigenvalue weighted by molar-refractivity contribution is 0.423. The largest absolute Gasteiger partial charge is 0.495 e. The van der Waals surface area contributed by atoms with Gasteiger partial charge in [-0.3, -0.25) is 0 Å². The fourth-order valence-electron chi connectivity index (χ4n) is 2.18. The number of ether oxygens (including phenoxy) is 1. The lowest BCUT2D eigenvalue weighted by Crippen LogP contribution is -2.09. The van der Waals surface area contributed by atoms with E-state index in [0.717, 1.165) is 5.39 Å². The number of nitrogens with zero attached hydrogens (tertiary/aromatic N) is 1. The molecule has 1 N–H and O–H groups in total. The topological polar surface area (TPSA) is 77.0 Å². The number of nitrogens with one attached hydrogen (secondary N) is 1. The average molecular weight is 307 g/mol. The second kappa shape index (κ2) is 5.14. The molecule has 0 aliphatic rings. The van der Waals surface area contributed by atoms with Gasteiger partial charge in [-0.2, -0.15) is 5.10 Å². The molecule has 0 radical (unpaired) electrons. The van der Waals surface area contributed by atoms with Crippen molar-refractivity contribution >= 4 is 39.8 Å². The zero-order chi connectivity index (χ0) is 15.0. The molecule has 7 heteroatoms. The van der Waals surface area contributed by atoms with E-state index >= 15 is 0 Å². The second-order valence-electron chi connectivity index (χ2n) is 4.21. The van der Waals surface area contributed by atoms with Crippen molar-refractivity contribution in [1.29, 1.82) is 0 Å². The van der Waals surface area contributed by atoms with E-state index in [2.05, 4.69) is 10.5 Å². The van der Waals surface area contributed by atoms with E-state index in [9.17, 15) is 4.79 Å². The molecule has 6 nitrogen and oxygen atoms in total. The van der Waals surface area contributed by atoms with Crippen molar-refractivity contribution in [3.63, 3.8) is 0 Å². The van der Waals surface area contributed by atoms with Crippen LogP contribution in [0, 0.1) is 0 Å². The lowest BCUT2D eigenvalue weighted by atomic mass is 10.1. The van der Waals surface area contributed by atoms with Crippen molar-refractivity contribution in [2.45, 2.75) is 0 Å². The number of hydrogen-bond donors (Lipinski definition) is 1. The van der Waals surface area contributed by atoms with E-state index in [1.807, 2.05) is 0 Å². The Labute approximate surface area is 123 Å². The van der Waals surface area contributed by atoms with Crippen molar-refractivity contribution in [2.75, 3.05) is 14.2 Å². The maximum absolute atomic E-state index is 12.0. The minimum absolute atomic E-state index is 0.152. The molecule has 0 unspecified atom stereocenters. The van der Waals surface area contributed by atoms with Crippen LogP contribution in [0.2, 0.25) is 5.02 Å². The smallest absolute Gasteiger partial charge is 0.346 e. The Morgan fingerprint density at radius 1 is 1.43 bits per heavy atom. The molecular formula is C14H11ClN2O4. The minimum atomic E-state index is -0.584. The van der Waals surface area contributed by atoms with Gasteiger partial charge < -0.3 is 19.0 Å². The van der Waals surface area contributed by atoms with Crippen LogP contribution in [0.15, 0.2) is 37.1 Å². The van der Waals surface area contributed by atoms with Gasteiger partial charge in [-0.15, -0.1) is 0 Å². The third-order valence-corrected chi connectivity index (χ3v) is 3.47. The van der Waals surface area contributed by atoms with Crippen molar-refractivity contribution in [1.82, 2.24) is 5.43 Å². The predicted molar refractivity (Wildman–Crippen MR) is 80.5 cm³/mol. The highest BCUT2D eigenvalue weighted by Gasteiger charge is 2.19. The molecular weight excluding hydrogens is 296 g/mol. The molecule has 0 atom stereocenters. The van der Waals surface area contributed by atoms with Crippen LogP contribution in [0.4, 0.5) is 0 Å². The number of fused-ring (bicyclic) bond motifs is 2. The molecule has 0 spiro atoms. The molecule has 108 valence electrons. The summed E-state index contributed by atoms with van der Waals surface area (Å²) >= 11 is 6.34. The predicted octanol–water partition coefficient (Wildman–Crippen LogP) is 2.75. The number of hydrogen-bond acceptors (Lipinski definition) is 6. The molecule has 3 rings (SSSR count). The monoisotopic (exact) mass is 306 g/mol. The Bertz CT molecular complexity index is 911. The molecule has 0 saturated heterocycles. The summed E-state index contributed by atoms with van der Waals surface area (Å²) in [5.74, 6) is 0.490. The van der Waals surface area contributed by atoms with Crippen LogP contribution in [0.3, 0.4) is 0 Å². The molecule has 0 fully saturated rings. The van der Waals surface area contributed by atoms with Gasteiger partial charge >= 0.3 is 5.63 Å². The molecule has 0 aliphatic carbocycles. The summed E-state index contributed by atoms with van der Waals surface area (Å²) in [7, 11) is 3.13. The Morgan fingerprint density at radius 3 is 2.95 bits per heavy atom. The van der Waals surface area contributed by atoms with Gasteiger partial charge in [0.05, 0.1) is 40.9 Å². The number of hydrazone groups is 1. The highest BCUT2D eigenvalue weighted by molar-refractivity contribution is 6.38. The van der Waals surface area contributed by atoms with E-state index in [-0.39, 0.29) is 10.6 Å². The fourth-order valence-corrected chi connectivity index (χ4v) is 2.48. The van der Waals surface area contributed by atoms with Crippen LogP contribution in [-0.2, 0) is 0 Å². The third-order valence-electron chi connectivity index (χ3n) is 3.08. The molecule has 3 aromatic rings. The zero-order valence-corrected chi connectivity index (χ0v) is 12.0. The minimum Gasteiger partial charge on any atom is -0.495 e. The summed E-state index contributed by atoms with van der Waals surface area (Å²) in [6.45, 7) is 0. The first-order valence-electron chi connectivity index (χ1n) is 6.07. The van der Waals surface area contributed by atoms with Gasteiger partial charge in [-0.25, -0.2) is 4.79 Å². The van der Waals surface area contributed by atoms with E-state index in [1.54, 1.807) is 19.2 Å². The number of furan rings is 1. The van der Waals surface area contributed by atoms with Gasteiger partial charge in [0.25, 0.3) is 0 Å². The number of halogens is 1. The maximum Gasteiger partial charge on any atom is 0.346 e. The van der Waals surface area contributed by atoms with Crippen molar-refractivity contribution < 1.29 is 13.6 Å². The maximum atomic E-state index is 12.0. The summed E-state index contributed by atoms with van der Waals surface area (Å²) in [5, 5.41) is 5.27. The van der Waals surface area contributed by atoms with Crippen LogP contribution in [-0.4, -0.2) is 20.4 Å². The van der Waals surface area contributed by atoms with Crippen molar-refractivity contribution in [2.24, 2.45) is 5.10 Å². The van der Waals surface area contributed by atoms with Crippen LogP contribution in [0.5, 0.6) is 5.75 Å². The summed E-state index contributed by atoms with van der Waals surface area (Å²) in [5.41, 5.74) is 2.97. The van der Waals surface area contributed by atoms with Gasteiger partial charge in [0.2, 0.25) is 0 Å². The van der Waals surface area contributed by atoms with Gasteiger partial charge in [-0.05, 0) is 6.07 Å². The molecule has 0 saturated carbocycles. The number of benzene rings is 1. The van der Waals surface area contributed by atoms with E-state index < -0.39 is 5.63 Å². The van der Waals surface area contributed by atoms with Crippen LogP contribution in [0.1, 0.15) is 5.56 Å². The summed E-state index contributed by atoms with van der Waals surface area (Å²) in [6.07, 6.45) is 2.84. The second-order valence-corrected chi connectivity index (χ2v) is 4.59. The van der Waals surface area contributed by atoms with Gasteiger partial charge in [0.15, 0.2) is 0 Å².